The monoisotopic (exact) mass is 493 g/mol. The lowest BCUT2D eigenvalue weighted by molar-refractivity contribution is -0.120. The number of carbonyl (C=O) groups excluding carboxylic acids is 1. The van der Waals surface area contributed by atoms with Gasteiger partial charge in [0, 0.05) is 41.6 Å². The van der Waals surface area contributed by atoms with Crippen LogP contribution in [-0.2, 0) is 22.0 Å². The van der Waals surface area contributed by atoms with E-state index in [0.29, 0.717) is 11.3 Å². The molecule has 1 saturated heterocycles. The van der Waals surface area contributed by atoms with Gasteiger partial charge in [-0.25, -0.2) is 14.4 Å². The van der Waals surface area contributed by atoms with Gasteiger partial charge in [-0.05, 0) is 24.6 Å². The minimum atomic E-state index is -5.35. The molecule has 9 nitrogen and oxygen atoms in total. The van der Waals surface area contributed by atoms with E-state index in [1.807, 2.05) is 0 Å². The Hall–Kier alpha value is -2.38. The van der Waals surface area contributed by atoms with Crippen molar-refractivity contribution in [3.63, 3.8) is 0 Å². The van der Waals surface area contributed by atoms with Gasteiger partial charge in [-0.2, -0.15) is 17.4 Å². The highest BCUT2D eigenvalue weighted by molar-refractivity contribution is 7.87. The molecule has 1 aliphatic heterocycles. The molecule has 3 aromatic rings. The van der Waals surface area contributed by atoms with Crippen molar-refractivity contribution >= 4 is 44.7 Å². The maximum absolute atomic E-state index is 13.6. The number of likely N-dealkylation sites (N-methyl/N-ethyl adjacent to an activating group) is 1. The standard InChI is InChI=1S/C18H18ClFN6O3S2/c1-25-8-14(22-9-25)16-7-21-18(30-16)13-6-15(26(2)31(28,29)24-13)17(27)23-10-3-4-12(20)11(19)5-10/h3-5,7-9,13,15,24H,6H2,1-2H3,(H,23,27)/t13-,15+/m0/s1/i1D3,2D3,6D,13D,15D/t6?,13-,15+. The van der Waals surface area contributed by atoms with Crippen LogP contribution in [-0.4, -0.2) is 46.2 Å². The summed E-state index contributed by atoms with van der Waals surface area (Å²) >= 11 is 6.32. The molecule has 2 aromatic heterocycles. The van der Waals surface area contributed by atoms with Gasteiger partial charge < -0.3 is 9.88 Å². The number of aromatic nitrogens is 3. The van der Waals surface area contributed by atoms with Gasteiger partial charge in [0.15, 0.2) is 0 Å². The van der Waals surface area contributed by atoms with Gasteiger partial charge in [-0.15, -0.1) is 11.3 Å². The predicted octanol–water partition coefficient (Wildman–Crippen LogP) is 2.55. The minimum Gasteiger partial charge on any atom is -0.340 e. The number of aryl methyl sites for hydroxylation is 1. The maximum Gasteiger partial charge on any atom is 0.280 e. The predicted molar refractivity (Wildman–Crippen MR) is 115 cm³/mol. The second-order valence-corrected chi connectivity index (χ2v) is 9.05. The van der Waals surface area contributed by atoms with E-state index in [1.165, 1.54) is 0 Å². The number of hydrogen-bond acceptors (Lipinski definition) is 6. The summed E-state index contributed by atoms with van der Waals surface area (Å²) in [7, 11) is -5.35. The van der Waals surface area contributed by atoms with Crippen LogP contribution in [0.15, 0.2) is 36.9 Å². The first kappa shape index (κ1) is 13.2. The van der Waals surface area contributed by atoms with Crippen LogP contribution in [0.4, 0.5) is 10.1 Å². The molecule has 0 saturated carbocycles. The van der Waals surface area contributed by atoms with E-state index >= 15 is 0 Å². The SMILES string of the molecule is [2H]C1[C@]([2H])(C(=O)Nc2ccc(F)c(Cl)c2)N(C([2H])([2H])[2H])S(=O)(=O)N[C@]1([2H])c1ncc(-c2cn(C([2H])([2H])[2H])cn2)s1. The smallest absolute Gasteiger partial charge is 0.280 e. The van der Waals surface area contributed by atoms with Crippen LogP contribution < -0.4 is 10.0 Å². The number of imidazole rings is 1. The van der Waals surface area contributed by atoms with E-state index in [1.54, 1.807) is 4.72 Å². The zero-order chi connectivity index (χ0) is 30.1. The highest BCUT2D eigenvalue weighted by atomic mass is 35.5. The van der Waals surface area contributed by atoms with Gasteiger partial charge in [0.05, 0.1) is 30.7 Å². The number of benzene rings is 1. The first-order valence-corrected chi connectivity index (χ1v) is 10.9. The Morgan fingerprint density at radius 1 is 1.48 bits per heavy atom. The van der Waals surface area contributed by atoms with Gasteiger partial charge in [0.25, 0.3) is 10.2 Å². The summed E-state index contributed by atoms with van der Waals surface area (Å²) in [6, 6.07) is -3.59. The summed E-state index contributed by atoms with van der Waals surface area (Å²) in [6.07, 6.45) is 0.797. The summed E-state index contributed by atoms with van der Waals surface area (Å²) in [5, 5.41) is 1.17. The fraction of sp³-hybridized carbons (Fsp3) is 0.278. The highest BCUT2D eigenvalue weighted by Crippen LogP contribution is 2.34. The normalized spacial score (nSPS) is 33.4. The van der Waals surface area contributed by atoms with Gasteiger partial charge in [-0.1, -0.05) is 11.6 Å². The summed E-state index contributed by atoms with van der Waals surface area (Å²) in [6.45, 7) is -6.21. The van der Waals surface area contributed by atoms with E-state index in [0.717, 1.165) is 41.5 Å². The first-order valence-electron chi connectivity index (χ1n) is 12.8. The largest absolute Gasteiger partial charge is 0.340 e. The van der Waals surface area contributed by atoms with Crippen LogP contribution >= 0.6 is 22.9 Å². The van der Waals surface area contributed by atoms with Gasteiger partial charge in [0.2, 0.25) is 5.91 Å². The number of nitrogens with one attached hydrogen (secondary N) is 2. The van der Waals surface area contributed by atoms with Crippen LogP contribution in [0.25, 0.3) is 10.6 Å². The van der Waals surface area contributed by atoms with Crippen LogP contribution in [0, 0.1) is 5.82 Å². The molecule has 4 rings (SSSR count). The second kappa shape index (κ2) is 8.28. The molecule has 0 spiro atoms. The Morgan fingerprint density at radius 3 is 3.03 bits per heavy atom. The summed E-state index contributed by atoms with van der Waals surface area (Å²) in [5.74, 6) is -2.50. The molecular formula is C18H18ClFN6O3S2. The van der Waals surface area contributed by atoms with Crippen molar-refractivity contribution in [1.82, 2.24) is 23.6 Å². The lowest BCUT2D eigenvalue weighted by Gasteiger charge is -2.35. The topological polar surface area (TPSA) is 109 Å². The maximum atomic E-state index is 13.6. The molecule has 1 amide bonds. The van der Waals surface area contributed by atoms with Crippen molar-refractivity contribution in [3.8, 4) is 10.6 Å². The molecular weight excluding hydrogens is 467 g/mol. The van der Waals surface area contributed by atoms with Crippen molar-refractivity contribution in [2.45, 2.75) is 18.4 Å². The number of hydrogen-bond donors (Lipinski definition) is 2. The Bertz CT molecular complexity index is 1580. The molecule has 3 heterocycles. The third kappa shape index (κ3) is 4.48. The summed E-state index contributed by atoms with van der Waals surface area (Å²) in [5.41, 5.74) is -0.163. The van der Waals surface area contributed by atoms with E-state index in [4.69, 9.17) is 23.9 Å². The number of thiazole rings is 1. The molecule has 1 unspecified atom stereocenters. The van der Waals surface area contributed by atoms with Gasteiger partial charge >= 0.3 is 0 Å². The summed E-state index contributed by atoms with van der Waals surface area (Å²) in [4.78, 5) is 21.4. The zero-order valence-electron chi connectivity index (χ0n) is 24.1. The van der Waals surface area contributed by atoms with Crippen molar-refractivity contribution in [2.24, 2.45) is 6.98 Å². The zero-order valence-corrected chi connectivity index (χ0v) is 17.5. The fourth-order valence-corrected chi connectivity index (χ4v) is 4.55. The van der Waals surface area contributed by atoms with Gasteiger partial charge in [0.1, 0.15) is 16.8 Å². The summed E-state index contributed by atoms with van der Waals surface area (Å²) < 4.78 is 114. The minimum absolute atomic E-state index is 0.0795. The van der Waals surface area contributed by atoms with E-state index in [9.17, 15) is 17.6 Å². The third-order valence-electron chi connectivity index (χ3n) is 3.96. The van der Waals surface area contributed by atoms with Crippen molar-refractivity contribution in [2.75, 3.05) is 12.3 Å². The number of rotatable bonds is 4. The Kier molecular flexibility index (Phi) is 3.53. The van der Waals surface area contributed by atoms with Crippen LogP contribution in [0.5, 0.6) is 0 Å². The van der Waals surface area contributed by atoms with Crippen LogP contribution in [0.1, 0.15) is 29.8 Å². The van der Waals surface area contributed by atoms with Crippen molar-refractivity contribution in [3.05, 3.63) is 52.8 Å². The molecule has 1 fully saturated rings. The molecule has 0 bridgehead atoms. The molecule has 1 aliphatic rings. The molecule has 2 N–H and O–H groups in total. The van der Waals surface area contributed by atoms with E-state index in [2.05, 4.69) is 15.3 Å². The van der Waals surface area contributed by atoms with Crippen molar-refractivity contribution < 1.29 is 29.9 Å². The average molecular weight is 494 g/mol. The Morgan fingerprint density at radius 2 is 2.32 bits per heavy atom. The van der Waals surface area contributed by atoms with Crippen LogP contribution in [0.3, 0.4) is 0 Å². The molecule has 31 heavy (non-hydrogen) atoms. The Labute approximate surface area is 199 Å². The lowest BCUT2D eigenvalue weighted by atomic mass is 10.1. The van der Waals surface area contributed by atoms with Gasteiger partial charge in [-0.3, -0.25) is 4.79 Å². The molecule has 3 atom stereocenters. The molecule has 0 radical (unpaired) electrons. The molecule has 164 valence electrons. The molecule has 13 heteroatoms. The van der Waals surface area contributed by atoms with Crippen molar-refractivity contribution in [1.29, 1.82) is 0 Å². The molecule has 0 aliphatic carbocycles. The number of nitrogens with zero attached hydrogens (tertiary/aromatic N) is 4. The first-order chi connectivity index (χ1) is 18.2. The lowest BCUT2D eigenvalue weighted by Crippen LogP contribution is -2.55. The second-order valence-electron chi connectivity index (χ2n) is 6.09. The number of halogens is 2. The highest BCUT2D eigenvalue weighted by Gasteiger charge is 2.41. The molecule has 1 aromatic carbocycles. The van der Waals surface area contributed by atoms with Crippen LogP contribution in [0.2, 0.25) is 5.02 Å². The number of carbonyl (C=O) groups is 1. The van der Waals surface area contributed by atoms with E-state index in [-0.39, 0.29) is 16.3 Å². The number of amides is 1. The average Bonchev–Trinajstić information content (AvgIpc) is 3.48. The van der Waals surface area contributed by atoms with E-state index < -0.39 is 68.7 Å². The Balaban J connectivity index is 1.80. The number of anilines is 1. The fourth-order valence-electron chi connectivity index (χ4n) is 2.54. The third-order valence-corrected chi connectivity index (χ3v) is 6.46. The quantitative estimate of drug-likeness (QED) is 0.580.